The maximum Gasteiger partial charge on any atom is 0.268 e. The number of rotatable bonds is 6. The lowest BCUT2D eigenvalue weighted by molar-refractivity contribution is 0.0383. The fourth-order valence-electron chi connectivity index (χ4n) is 3.35. The topological polar surface area (TPSA) is 59.6 Å². The summed E-state index contributed by atoms with van der Waals surface area (Å²) in [4.78, 5) is 15.1. The molecular formula is C20H22BrN3O3. The maximum absolute atomic E-state index is 12.8. The van der Waals surface area contributed by atoms with E-state index in [9.17, 15) is 4.79 Å². The Morgan fingerprint density at radius 3 is 2.70 bits per heavy atom. The molecule has 1 saturated heterocycles. The average molecular weight is 432 g/mol. The second-order valence-corrected chi connectivity index (χ2v) is 7.54. The van der Waals surface area contributed by atoms with Gasteiger partial charge in [0.05, 0.1) is 25.0 Å². The van der Waals surface area contributed by atoms with Crippen LogP contribution in [0, 0.1) is 0 Å². The molecule has 1 aliphatic heterocycles. The summed E-state index contributed by atoms with van der Waals surface area (Å²) in [7, 11) is 0. The highest BCUT2D eigenvalue weighted by Crippen LogP contribution is 2.23. The molecule has 0 bridgehead atoms. The van der Waals surface area contributed by atoms with Gasteiger partial charge in [0.2, 0.25) is 0 Å². The van der Waals surface area contributed by atoms with Crippen LogP contribution in [0.1, 0.15) is 16.1 Å². The van der Waals surface area contributed by atoms with Crippen LogP contribution >= 0.6 is 15.9 Å². The number of amides is 1. The van der Waals surface area contributed by atoms with Crippen molar-refractivity contribution in [2.45, 2.75) is 6.54 Å². The molecule has 3 aromatic rings. The first-order valence-corrected chi connectivity index (χ1v) is 9.89. The molecule has 1 amide bonds. The first-order valence-electron chi connectivity index (χ1n) is 9.10. The summed E-state index contributed by atoms with van der Waals surface area (Å²) in [5, 5.41) is 3.04. The van der Waals surface area contributed by atoms with Crippen LogP contribution in [-0.4, -0.2) is 54.8 Å². The van der Waals surface area contributed by atoms with E-state index in [1.54, 1.807) is 6.26 Å². The second-order valence-electron chi connectivity index (χ2n) is 6.62. The smallest absolute Gasteiger partial charge is 0.268 e. The Morgan fingerprint density at radius 1 is 1.15 bits per heavy atom. The summed E-state index contributed by atoms with van der Waals surface area (Å²) >= 11 is 3.46. The summed E-state index contributed by atoms with van der Waals surface area (Å²) in [6, 6.07) is 11.8. The molecule has 6 nitrogen and oxygen atoms in total. The highest BCUT2D eigenvalue weighted by molar-refractivity contribution is 9.10. The van der Waals surface area contributed by atoms with Crippen molar-refractivity contribution in [1.82, 2.24) is 14.8 Å². The Bertz CT molecular complexity index is 910. The molecule has 1 aromatic carbocycles. The van der Waals surface area contributed by atoms with Crippen molar-refractivity contribution in [2.75, 3.05) is 39.4 Å². The lowest BCUT2D eigenvalue weighted by Crippen LogP contribution is -2.41. The van der Waals surface area contributed by atoms with Crippen LogP contribution in [-0.2, 0) is 11.3 Å². The summed E-state index contributed by atoms with van der Waals surface area (Å²) < 4.78 is 13.9. The number of hydrogen-bond acceptors (Lipinski definition) is 4. The third-order valence-electron chi connectivity index (χ3n) is 4.83. The van der Waals surface area contributed by atoms with Crippen LogP contribution < -0.4 is 5.32 Å². The first kappa shape index (κ1) is 18.3. The van der Waals surface area contributed by atoms with Crippen LogP contribution in [0.15, 0.2) is 51.6 Å². The second kappa shape index (κ2) is 8.29. The number of furan rings is 1. The molecular weight excluding hydrogens is 410 g/mol. The molecule has 142 valence electrons. The minimum Gasteiger partial charge on any atom is -0.463 e. The quantitative estimate of drug-likeness (QED) is 0.651. The number of aromatic nitrogens is 1. The molecule has 0 saturated carbocycles. The molecule has 27 heavy (non-hydrogen) atoms. The molecule has 0 unspecified atom stereocenters. The molecule has 1 fully saturated rings. The van der Waals surface area contributed by atoms with Gasteiger partial charge in [0, 0.05) is 49.3 Å². The third-order valence-corrected chi connectivity index (χ3v) is 5.36. The predicted molar refractivity (Wildman–Crippen MR) is 107 cm³/mol. The summed E-state index contributed by atoms with van der Waals surface area (Å²) in [6.45, 7) is 5.43. The lowest BCUT2D eigenvalue weighted by Gasteiger charge is -2.26. The number of morpholine rings is 1. The maximum atomic E-state index is 12.8. The fraction of sp³-hybridized carbons (Fsp3) is 0.350. The normalized spacial score (nSPS) is 15.3. The zero-order valence-corrected chi connectivity index (χ0v) is 16.6. The molecule has 0 spiro atoms. The number of halogens is 1. The van der Waals surface area contributed by atoms with Gasteiger partial charge >= 0.3 is 0 Å². The Kier molecular flexibility index (Phi) is 5.61. The number of fused-ring (bicyclic) bond motifs is 1. The molecule has 1 N–H and O–H groups in total. The number of nitrogens with zero attached hydrogens (tertiary/aromatic N) is 2. The highest BCUT2D eigenvalue weighted by atomic mass is 79.9. The van der Waals surface area contributed by atoms with Gasteiger partial charge in [-0.3, -0.25) is 9.69 Å². The van der Waals surface area contributed by atoms with Crippen LogP contribution in [0.25, 0.3) is 11.1 Å². The summed E-state index contributed by atoms with van der Waals surface area (Å²) in [6.07, 6.45) is 1.66. The molecule has 1 aliphatic rings. The van der Waals surface area contributed by atoms with Crippen LogP contribution in [0.3, 0.4) is 0 Å². The third kappa shape index (κ3) is 4.26. The van der Waals surface area contributed by atoms with Crippen molar-refractivity contribution in [3.05, 3.63) is 58.4 Å². The van der Waals surface area contributed by atoms with Gasteiger partial charge in [0.1, 0.15) is 5.69 Å². The molecule has 0 aliphatic carbocycles. The SMILES string of the molecule is O=C(NCCN1CCOCC1)c1cc2occc2n1Cc1ccc(Br)cc1. The number of ether oxygens (including phenoxy) is 1. The largest absolute Gasteiger partial charge is 0.463 e. The Morgan fingerprint density at radius 2 is 1.93 bits per heavy atom. The molecule has 0 radical (unpaired) electrons. The number of benzene rings is 1. The minimum absolute atomic E-state index is 0.0771. The molecule has 2 aromatic heterocycles. The minimum atomic E-state index is -0.0771. The molecule has 3 heterocycles. The number of carbonyl (C=O) groups is 1. The van der Waals surface area contributed by atoms with Gasteiger partial charge in [-0.2, -0.15) is 0 Å². The molecule has 0 atom stereocenters. The van der Waals surface area contributed by atoms with E-state index in [0.717, 1.165) is 54.0 Å². The Balaban J connectivity index is 1.47. The van der Waals surface area contributed by atoms with Crippen LogP contribution in [0.4, 0.5) is 0 Å². The van der Waals surface area contributed by atoms with E-state index in [-0.39, 0.29) is 5.91 Å². The summed E-state index contributed by atoms with van der Waals surface area (Å²) in [5.74, 6) is -0.0771. The van der Waals surface area contributed by atoms with E-state index in [4.69, 9.17) is 9.15 Å². The van der Waals surface area contributed by atoms with Gasteiger partial charge in [0.15, 0.2) is 5.58 Å². The van der Waals surface area contributed by atoms with E-state index in [0.29, 0.717) is 18.8 Å². The molecule has 4 rings (SSSR count). The zero-order chi connectivity index (χ0) is 18.6. The van der Waals surface area contributed by atoms with Crippen molar-refractivity contribution in [1.29, 1.82) is 0 Å². The average Bonchev–Trinajstić information content (AvgIpc) is 3.27. The van der Waals surface area contributed by atoms with Crippen molar-refractivity contribution in [3.8, 4) is 0 Å². The van der Waals surface area contributed by atoms with Gasteiger partial charge in [-0.25, -0.2) is 0 Å². The van der Waals surface area contributed by atoms with E-state index in [2.05, 4.69) is 38.3 Å². The Hall–Kier alpha value is -2.09. The standard InChI is InChI=1S/C20H22BrN3O3/c21-16-3-1-15(2-4-16)14-24-17-5-10-27-19(17)13-18(24)20(25)22-6-7-23-8-11-26-12-9-23/h1-5,10,13H,6-9,11-12,14H2,(H,22,25). The number of nitrogens with one attached hydrogen (secondary N) is 1. The van der Waals surface area contributed by atoms with E-state index < -0.39 is 0 Å². The van der Waals surface area contributed by atoms with Crippen molar-refractivity contribution in [3.63, 3.8) is 0 Å². The van der Waals surface area contributed by atoms with Gasteiger partial charge < -0.3 is 19.0 Å². The van der Waals surface area contributed by atoms with Gasteiger partial charge in [-0.05, 0) is 17.7 Å². The number of hydrogen-bond donors (Lipinski definition) is 1. The first-order chi connectivity index (χ1) is 13.2. The fourth-order valence-corrected chi connectivity index (χ4v) is 3.62. The van der Waals surface area contributed by atoms with Gasteiger partial charge in [-0.15, -0.1) is 0 Å². The molecule has 7 heteroatoms. The van der Waals surface area contributed by atoms with E-state index in [1.807, 2.05) is 28.8 Å². The zero-order valence-electron chi connectivity index (χ0n) is 15.0. The summed E-state index contributed by atoms with van der Waals surface area (Å²) in [5.41, 5.74) is 3.40. The van der Waals surface area contributed by atoms with Gasteiger partial charge in [-0.1, -0.05) is 28.1 Å². The van der Waals surface area contributed by atoms with E-state index in [1.165, 1.54) is 0 Å². The van der Waals surface area contributed by atoms with Crippen molar-refractivity contribution < 1.29 is 13.9 Å². The highest BCUT2D eigenvalue weighted by Gasteiger charge is 2.18. The van der Waals surface area contributed by atoms with E-state index >= 15 is 0 Å². The lowest BCUT2D eigenvalue weighted by atomic mass is 10.2. The van der Waals surface area contributed by atoms with Crippen LogP contribution in [0.2, 0.25) is 0 Å². The predicted octanol–water partition coefficient (Wildman–Crippen LogP) is 3.11. The monoisotopic (exact) mass is 431 g/mol. The number of carbonyl (C=O) groups excluding carboxylic acids is 1. The van der Waals surface area contributed by atoms with Gasteiger partial charge in [0.25, 0.3) is 5.91 Å². The van der Waals surface area contributed by atoms with Crippen LogP contribution in [0.5, 0.6) is 0 Å². The van der Waals surface area contributed by atoms with Crippen molar-refractivity contribution >= 4 is 32.9 Å². The Labute approximate surface area is 166 Å². The van der Waals surface area contributed by atoms with Crippen molar-refractivity contribution in [2.24, 2.45) is 0 Å².